The van der Waals surface area contributed by atoms with E-state index in [2.05, 4.69) is 24.5 Å². The molecule has 1 aromatic rings. The molecule has 2 amide bonds. The first kappa shape index (κ1) is 15.2. The molecule has 0 saturated carbocycles. The Morgan fingerprint density at radius 1 is 1.11 bits per heavy atom. The predicted octanol–water partition coefficient (Wildman–Crippen LogP) is 2.66. The van der Waals surface area contributed by atoms with E-state index in [0.717, 1.165) is 12.1 Å². The van der Waals surface area contributed by atoms with E-state index in [0.29, 0.717) is 12.5 Å². The zero-order valence-electron chi connectivity index (χ0n) is 11.8. The summed E-state index contributed by atoms with van der Waals surface area (Å²) in [4.78, 5) is 23.0. The maximum absolute atomic E-state index is 11.6. The minimum Gasteiger partial charge on any atom is -0.356 e. The Hall–Kier alpha value is -1.84. The van der Waals surface area contributed by atoms with Gasteiger partial charge < -0.3 is 10.6 Å². The van der Waals surface area contributed by atoms with Crippen molar-refractivity contribution in [3.63, 3.8) is 0 Å². The van der Waals surface area contributed by atoms with Gasteiger partial charge in [-0.1, -0.05) is 32.9 Å². The van der Waals surface area contributed by atoms with Gasteiger partial charge in [-0.15, -0.1) is 0 Å². The van der Waals surface area contributed by atoms with Crippen LogP contribution in [0.1, 0.15) is 45.1 Å². The first-order valence-corrected chi connectivity index (χ1v) is 6.69. The summed E-state index contributed by atoms with van der Waals surface area (Å²) in [6.45, 7) is 6.81. The van der Waals surface area contributed by atoms with Gasteiger partial charge in [0.2, 0.25) is 11.8 Å². The van der Waals surface area contributed by atoms with Crippen LogP contribution >= 0.6 is 0 Å². The van der Waals surface area contributed by atoms with Crippen LogP contribution in [0.4, 0.5) is 5.69 Å². The molecule has 1 aromatic carbocycles. The Bertz CT molecular complexity index is 424. The number of carbonyl (C=O) groups is 2. The van der Waals surface area contributed by atoms with E-state index in [1.165, 1.54) is 5.56 Å². The lowest BCUT2D eigenvalue weighted by Gasteiger charge is -2.08. The van der Waals surface area contributed by atoms with Crippen LogP contribution in [0.3, 0.4) is 0 Å². The van der Waals surface area contributed by atoms with Crippen LogP contribution in [0, 0.1) is 0 Å². The smallest absolute Gasteiger partial charge is 0.233 e. The van der Waals surface area contributed by atoms with Crippen LogP contribution in [0.15, 0.2) is 24.3 Å². The highest BCUT2D eigenvalue weighted by Gasteiger charge is 2.09. The first-order valence-electron chi connectivity index (χ1n) is 6.69. The highest BCUT2D eigenvalue weighted by atomic mass is 16.2. The quantitative estimate of drug-likeness (QED) is 0.774. The molecule has 0 radical (unpaired) electrons. The second kappa shape index (κ2) is 7.56. The number of hydrogen-bond acceptors (Lipinski definition) is 2. The molecular formula is C15H22N2O2. The van der Waals surface area contributed by atoms with Crippen molar-refractivity contribution in [1.29, 1.82) is 0 Å². The summed E-state index contributed by atoms with van der Waals surface area (Å²) < 4.78 is 0. The van der Waals surface area contributed by atoms with Crippen LogP contribution in [0.2, 0.25) is 0 Å². The minimum absolute atomic E-state index is 0.133. The molecule has 0 spiro atoms. The van der Waals surface area contributed by atoms with Gasteiger partial charge in [-0.2, -0.15) is 0 Å². The van der Waals surface area contributed by atoms with Gasteiger partial charge in [-0.3, -0.25) is 9.59 Å². The van der Waals surface area contributed by atoms with Crippen LogP contribution in [-0.4, -0.2) is 18.4 Å². The van der Waals surface area contributed by atoms with E-state index < -0.39 is 0 Å². The van der Waals surface area contributed by atoms with Crippen LogP contribution in [-0.2, 0) is 9.59 Å². The van der Waals surface area contributed by atoms with Crippen molar-refractivity contribution in [2.75, 3.05) is 11.9 Å². The number of rotatable bonds is 6. The summed E-state index contributed by atoms with van der Waals surface area (Å²) in [6, 6.07) is 7.68. The van der Waals surface area contributed by atoms with E-state index in [9.17, 15) is 9.59 Å². The average molecular weight is 262 g/mol. The zero-order valence-corrected chi connectivity index (χ0v) is 11.8. The van der Waals surface area contributed by atoms with E-state index in [4.69, 9.17) is 0 Å². The van der Waals surface area contributed by atoms with Gasteiger partial charge in [0.15, 0.2) is 0 Å². The number of hydrogen-bond donors (Lipinski definition) is 2. The Morgan fingerprint density at radius 3 is 2.26 bits per heavy atom. The predicted molar refractivity (Wildman–Crippen MR) is 77.1 cm³/mol. The third-order valence-corrected chi connectivity index (χ3v) is 2.75. The molecule has 0 unspecified atom stereocenters. The molecule has 2 N–H and O–H groups in total. The van der Waals surface area contributed by atoms with Gasteiger partial charge in [-0.05, 0) is 30.0 Å². The molecule has 0 aliphatic carbocycles. The minimum atomic E-state index is -0.286. The normalized spacial score (nSPS) is 10.3. The molecule has 104 valence electrons. The SMILES string of the molecule is CCCNC(=O)CC(=O)Nc1ccc(C(C)C)cc1. The number of carbonyl (C=O) groups excluding carboxylic acids is 2. The number of anilines is 1. The van der Waals surface area contributed by atoms with Gasteiger partial charge in [0.1, 0.15) is 6.42 Å². The average Bonchev–Trinajstić information content (AvgIpc) is 2.36. The van der Waals surface area contributed by atoms with Crippen molar-refractivity contribution in [3.05, 3.63) is 29.8 Å². The van der Waals surface area contributed by atoms with E-state index in [-0.39, 0.29) is 18.2 Å². The molecule has 4 nitrogen and oxygen atoms in total. The second-order valence-corrected chi connectivity index (χ2v) is 4.85. The van der Waals surface area contributed by atoms with E-state index >= 15 is 0 Å². The van der Waals surface area contributed by atoms with Crippen molar-refractivity contribution in [2.45, 2.75) is 39.5 Å². The highest BCUT2D eigenvalue weighted by molar-refractivity contribution is 6.03. The maximum Gasteiger partial charge on any atom is 0.233 e. The van der Waals surface area contributed by atoms with Gasteiger partial charge in [0.25, 0.3) is 0 Å². The Balaban J connectivity index is 2.46. The number of benzene rings is 1. The Kier molecular flexibility index (Phi) is 6.06. The monoisotopic (exact) mass is 262 g/mol. The standard InChI is InChI=1S/C15H22N2O2/c1-4-9-16-14(18)10-15(19)17-13-7-5-12(6-8-13)11(2)3/h5-8,11H,4,9-10H2,1-3H3,(H,16,18)(H,17,19). The topological polar surface area (TPSA) is 58.2 Å². The van der Waals surface area contributed by atoms with Crippen molar-refractivity contribution in [1.82, 2.24) is 5.32 Å². The van der Waals surface area contributed by atoms with Crippen LogP contribution in [0.5, 0.6) is 0 Å². The lowest BCUT2D eigenvalue weighted by Crippen LogP contribution is -2.28. The summed E-state index contributed by atoms with van der Waals surface area (Å²) >= 11 is 0. The molecule has 0 heterocycles. The first-order chi connectivity index (χ1) is 9.02. The molecule has 1 rings (SSSR count). The number of nitrogens with one attached hydrogen (secondary N) is 2. The summed E-state index contributed by atoms with van der Waals surface area (Å²) in [5, 5.41) is 5.39. The van der Waals surface area contributed by atoms with E-state index in [1.807, 2.05) is 31.2 Å². The van der Waals surface area contributed by atoms with Crippen LogP contribution in [0.25, 0.3) is 0 Å². The van der Waals surface area contributed by atoms with Crippen molar-refractivity contribution in [2.24, 2.45) is 0 Å². The fourth-order valence-electron chi connectivity index (χ4n) is 1.63. The summed E-state index contributed by atoms with van der Waals surface area (Å²) in [6.07, 6.45) is 0.732. The van der Waals surface area contributed by atoms with Crippen molar-refractivity contribution >= 4 is 17.5 Å². The molecule has 19 heavy (non-hydrogen) atoms. The third-order valence-electron chi connectivity index (χ3n) is 2.75. The van der Waals surface area contributed by atoms with E-state index in [1.54, 1.807) is 0 Å². The van der Waals surface area contributed by atoms with Crippen LogP contribution < -0.4 is 10.6 Å². The lowest BCUT2D eigenvalue weighted by molar-refractivity contribution is -0.126. The molecular weight excluding hydrogens is 240 g/mol. The fraction of sp³-hybridized carbons (Fsp3) is 0.467. The molecule has 0 atom stereocenters. The van der Waals surface area contributed by atoms with Gasteiger partial charge >= 0.3 is 0 Å². The summed E-state index contributed by atoms with van der Waals surface area (Å²) in [5.74, 6) is -0.0615. The molecule has 4 heteroatoms. The van der Waals surface area contributed by atoms with Gasteiger partial charge in [0.05, 0.1) is 0 Å². The Morgan fingerprint density at radius 2 is 1.74 bits per heavy atom. The fourth-order valence-corrected chi connectivity index (χ4v) is 1.63. The second-order valence-electron chi connectivity index (χ2n) is 4.85. The summed E-state index contributed by atoms with van der Waals surface area (Å²) in [5.41, 5.74) is 1.94. The summed E-state index contributed by atoms with van der Waals surface area (Å²) in [7, 11) is 0. The molecule has 0 saturated heterocycles. The largest absolute Gasteiger partial charge is 0.356 e. The zero-order chi connectivity index (χ0) is 14.3. The molecule has 0 aromatic heterocycles. The maximum atomic E-state index is 11.6. The molecule has 0 aliphatic rings. The molecule has 0 aliphatic heterocycles. The van der Waals surface area contributed by atoms with Gasteiger partial charge in [0, 0.05) is 12.2 Å². The lowest BCUT2D eigenvalue weighted by atomic mass is 10.0. The molecule has 0 fully saturated rings. The highest BCUT2D eigenvalue weighted by Crippen LogP contribution is 2.17. The van der Waals surface area contributed by atoms with Gasteiger partial charge in [-0.25, -0.2) is 0 Å². The Labute approximate surface area is 114 Å². The number of amides is 2. The van der Waals surface area contributed by atoms with Crippen molar-refractivity contribution in [3.8, 4) is 0 Å². The van der Waals surface area contributed by atoms with Crippen molar-refractivity contribution < 1.29 is 9.59 Å². The molecule has 0 bridgehead atoms. The third kappa shape index (κ3) is 5.55.